The van der Waals surface area contributed by atoms with E-state index in [2.05, 4.69) is 0 Å². The highest BCUT2D eigenvalue weighted by molar-refractivity contribution is 5.68. The molecule has 0 saturated carbocycles. The molecular formula is C17H22F3NO2. The molecule has 0 spiro atoms. The first-order chi connectivity index (χ1) is 10.5. The standard InChI is InChI=1S/C17H22F3NO2/c1-16(2,3)23-15(22)21-8-7-13(11-21)9-12-5-4-6-14(10-12)17(18,19)20/h4-6,10,13H,7-9,11H2,1-3H3/t13-/m1/s1. The molecule has 6 heteroatoms. The second-order valence-electron chi connectivity index (χ2n) is 6.98. The first kappa shape index (κ1) is 17.6. The molecule has 0 aromatic heterocycles. The van der Waals surface area contributed by atoms with Gasteiger partial charge in [0, 0.05) is 13.1 Å². The van der Waals surface area contributed by atoms with Gasteiger partial charge in [0.25, 0.3) is 0 Å². The number of halogens is 3. The first-order valence-electron chi connectivity index (χ1n) is 7.69. The van der Waals surface area contributed by atoms with E-state index in [0.717, 1.165) is 12.5 Å². The highest BCUT2D eigenvalue weighted by atomic mass is 19.4. The van der Waals surface area contributed by atoms with Crippen LogP contribution in [0, 0.1) is 5.92 Å². The summed E-state index contributed by atoms with van der Waals surface area (Å²) in [6.07, 6.45) is -3.38. The van der Waals surface area contributed by atoms with Crippen molar-refractivity contribution >= 4 is 6.09 Å². The maximum Gasteiger partial charge on any atom is 0.416 e. The van der Waals surface area contributed by atoms with Gasteiger partial charge >= 0.3 is 12.3 Å². The molecule has 1 amide bonds. The SMILES string of the molecule is CC(C)(C)OC(=O)N1CC[C@H](Cc2cccc(C(F)(F)F)c2)C1. The van der Waals surface area contributed by atoms with Crippen LogP contribution in [0.4, 0.5) is 18.0 Å². The number of ether oxygens (including phenoxy) is 1. The number of amides is 1. The molecular weight excluding hydrogens is 307 g/mol. The third kappa shape index (κ3) is 5.15. The number of alkyl halides is 3. The number of hydrogen-bond donors (Lipinski definition) is 0. The third-order valence-corrected chi connectivity index (χ3v) is 3.72. The van der Waals surface area contributed by atoms with Crippen molar-refractivity contribution in [2.75, 3.05) is 13.1 Å². The minimum Gasteiger partial charge on any atom is -0.444 e. The normalized spacial score (nSPS) is 19.0. The lowest BCUT2D eigenvalue weighted by molar-refractivity contribution is -0.137. The Bertz CT molecular complexity index is 564. The van der Waals surface area contributed by atoms with Crippen LogP contribution in [0.15, 0.2) is 24.3 Å². The molecule has 3 nitrogen and oxygen atoms in total. The van der Waals surface area contributed by atoms with E-state index in [4.69, 9.17) is 4.74 Å². The van der Waals surface area contributed by atoms with E-state index >= 15 is 0 Å². The molecule has 1 aliphatic heterocycles. The van der Waals surface area contributed by atoms with Crippen LogP contribution in [-0.4, -0.2) is 29.7 Å². The molecule has 1 aliphatic rings. The van der Waals surface area contributed by atoms with Crippen LogP contribution in [0.3, 0.4) is 0 Å². The van der Waals surface area contributed by atoms with E-state index in [0.29, 0.717) is 25.1 Å². The number of rotatable bonds is 2. The van der Waals surface area contributed by atoms with Crippen molar-refractivity contribution in [3.8, 4) is 0 Å². The van der Waals surface area contributed by atoms with Crippen molar-refractivity contribution in [3.63, 3.8) is 0 Å². The van der Waals surface area contributed by atoms with Gasteiger partial charge in [0.1, 0.15) is 5.60 Å². The molecule has 2 rings (SSSR count). The molecule has 1 heterocycles. The summed E-state index contributed by atoms with van der Waals surface area (Å²) >= 11 is 0. The Balaban J connectivity index is 1.95. The largest absolute Gasteiger partial charge is 0.444 e. The van der Waals surface area contributed by atoms with Crippen molar-refractivity contribution in [2.45, 2.75) is 45.4 Å². The molecule has 1 atom stereocenters. The second kappa shape index (κ2) is 6.42. The van der Waals surface area contributed by atoms with E-state index in [1.807, 2.05) is 0 Å². The lowest BCUT2D eigenvalue weighted by Crippen LogP contribution is -2.35. The summed E-state index contributed by atoms with van der Waals surface area (Å²) in [6, 6.07) is 5.39. The van der Waals surface area contributed by atoms with Crippen molar-refractivity contribution in [3.05, 3.63) is 35.4 Å². The van der Waals surface area contributed by atoms with Gasteiger partial charge in [0.05, 0.1) is 5.56 Å². The highest BCUT2D eigenvalue weighted by Gasteiger charge is 2.32. The van der Waals surface area contributed by atoms with Gasteiger partial charge in [0.15, 0.2) is 0 Å². The van der Waals surface area contributed by atoms with Gasteiger partial charge < -0.3 is 9.64 Å². The molecule has 128 valence electrons. The van der Waals surface area contributed by atoms with Gasteiger partial charge in [-0.25, -0.2) is 4.79 Å². The van der Waals surface area contributed by atoms with E-state index in [9.17, 15) is 18.0 Å². The average molecular weight is 329 g/mol. The number of carbonyl (C=O) groups is 1. The molecule has 0 N–H and O–H groups in total. The topological polar surface area (TPSA) is 29.5 Å². The molecule has 1 aromatic rings. The maximum atomic E-state index is 12.7. The number of hydrogen-bond acceptors (Lipinski definition) is 2. The van der Waals surface area contributed by atoms with E-state index in [-0.39, 0.29) is 12.0 Å². The Morgan fingerprint density at radius 1 is 1.30 bits per heavy atom. The van der Waals surface area contributed by atoms with Crippen LogP contribution < -0.4 is 0 Å². The molecule has 1 fully saturated rings. The highest BCUT2D eigenvalue weighted by Crippen LogP contribution is 2.31. The zero-order valence-electron chi connectivity index (χ0n) is 13.6. The number of benzene rings is 1. The maximum absolute atomic E-state index is 12.7. The summed E-state index contributed by atoms with van der Waals surface area (Å²) in [5.74, 6) is 0.158. The Labute approximate surface area is 134 Å². The summed E-state index contributed by atoms with van der Waals surface area (Å²) in [6.45, 7) is 6.52. The molecule has 1 aromatic carbocycles. The quantitative estimate of drug-likeness (QED) is 0.799. The summed E-state index contributed by atoms with van der Waals surface area (Å²) in [7, 11) is 0. The zero-order chi connectivity index (χ0) is 17.3. The number of likely N-dealkylation sites (tertiary alicyclic amines) is 1. The molecule has 0 unspecified atom stereocenters. The van der Waals surface area contributed by atoms with Crippen LogP contribution in [-0.2, 0) is 17.3 Å². The van der Waals surface area contributed by atoms with Crippen molar-refractivity contribution < 1.29 is 22.7 Å². The Hall–Kier alpha value is -1.72. The molecule has 23 heavy (non-hydrogen) atoms. The van der Waals surface area contributed by atoms with Gasteiger partial charge in [0.2, 0.25) is 0 Å². The van der Waals surface area contributed by atoms with Gasteiger partial charge in [-0.1, -0.05) is 18.2 Å². The summed E-state index contributed by atoms with van der Waals surface area (Å²) in [5.41, 5.74) is -0.524. The third-order valence-electron chi connectivity index (χ3n) is 3.72. The molecule has 0 radical (unpaired) electrons. The molecule has 1 saturated heterocycles. The zero-order valence-corrected chi connectivity index (χ0v) is 13.6. The fraction of sp³-hybridized carbons (Fsp3) is 0.588. The van der Waals surface area contributed by atoms with E-state index in [1.165, 1.54) is 12.1 Å². The number of nitrogens with zero attached hydrogens (tertiary/aromatic N) is 1. The first-order valence-corrected chi connectivity index (χ1v) is 7.69. The predicted molar refractivity (Wildman–Crippen MR) is 81.1 cm³/mol. The summed E-state index contributed by atoms with van der Waals surface area (Å²) < 4.78 is 43.5. The van der Waals surface area contributed by atoms with Crippen molar-refractivity contribution in [2.24, 2.45) is 5.92 Å². The van der Waals surface area contributed by atoms with Crippen molar-refractivity contribution in [1.82, 2.24) is 4.90 Å². The number of carbonyl (C=O) groups excluding carboxylic acids is 1. The molecule has 0 aliphatic carbocycles. The van der Waals surface area contributed by atoms with Crippen LogP contribution in [0.2, 0.25) is 0 Å². The van der Waals surface area contributed by atoms with Gasteiger partial charge in [-0.3, -0.25) is 0 Å². The Kier molecular flexibility index (Phi) is 4.92. The van der Waals surface area contributed by atoms with Gasteiger partial charge in [-0.15, -0.1) is 0 Å². The van der Waals surface area contributed by atoms with Gasteiger partial charge in [-0.2, -0.15) is 13.2 Å². The fourth-order valence-electron chi connectivity index (χ4n) is 2.70. The average Bonchev–Trinajstić information content (AvgIpc) is 2.85. The molecule has 0 bridgehead atoms. The predicted octanol–water partition coefficient (Wildman–Crippen LogP) is 4.50. The minimum atomic E-state index is -4.33. The lowest BCUT2D eigenvalue weighted by atomic mass is 9.97. The monoisotopic (exact) mass is 329 g/mol. The Morgan fingerprint density at radius 2 is 2.00 bits per heavy atom. The van der Waals surface area contributed by atoms with Gasteiger partial charge in [-0.05, 0) is 51.2 Å². The van der Waals surface area contributed by atoms with Crippen LogP contribution in [0.25, 0.3) is 0 Å². The van der Waals surface area contributed by atoms with E-state index < -0.39 is 17.3 Å². The fourth-order valence-corrected chi connectivity index (χ4v) is 2.70. The smallest absolute Gasteiger partial charge is 0.416 e. The lowest BCUT2D eigenvalue weighted by Gasteiger charge is -2.24. The summed E-state index contributed by atoms with van der Waals surface area (Å²) in [5, 5.41) is 0. The van der Waals surface area contributed by atoms with Crippen LogP contribution in [0.5, 0.6) is 0 Å². The summed E-state index contributed by atoms with van der Waals surface area (Å²) in [4.78, 5) is 13.6. The van der Waals surface area contributed by atoms with Crippen LogP contribution >= 0.6 is 0 Å². The van der Waals surface area contributed by atoms with Crippen molar-refractivity contribution in [1.29, 1.82) is 0 Å². The minimum absolute atomic E-state index is 0.158. The van der Waals surface area contributed by atoms with E-state index in [1.54, 1.807) is 31.7 Å². The van der Waals surface area contributed by atoms with Crippen LogP contribution in [0.1, 0.15) is 38.3 Å². The second-order valence-corrected chi connectivity index (χ2v) is 6.98. The Morgan fingerprint density at radius 3 is 2.61 bits per heavy atom.